The molecule has 1 heterocycles. The van der Waals surface area contributed by atoms with Gasteiger partial charge in [0.25, 0.3) is 0 Å². The second kappa shape index (κ2) is 11.6. The van der Waals surface area contributed by atoms with E-state index in [1.807, 2.05) is 85.8 Å². The highest BCUT2D eigenvalue weighted by Crippen LogP contribution is 2.31. The first-order chi connectivity index (χ1) is 19.0. The fourth-order valence-electron chi connectivity index (χ4n) is 4.59. The van der Waals surface area contributed by atoms with E-state index in [9.17, 15) is 9.59 Å². The Morgan fingerprint density at radius 2 is 1.59 bits per heavy atom. The molecule has 0 unspecified atom stereocenters. The van der Waals surface area contributed by atoms with Crippen molar-refractivity contribution in [2.75, 3.05) is 12.0 Å². The number of para-hydroxylation sites is 1. The highest BCUT2D eigenvalue weighted by Gasteiger charge is 2.34. The van der Waals surface area contributed by atoms with Crippen LogP contribution in [0.5, 0.6) is 5.75 Å². The van der Waals surface area contributed by atoms with Crippen LogP contribution in [0.1, 0.15) is 22.7 Å². The van der Waals surface area contributed by atoms with Gasteiger partial charge in [0.2, 0.25) is 11.8 Å². The number of amides is 2. The zero-order chi connectivity index (χ0) is 27.2. The highest BCUT2D eigenvalue weighted by atomic mass is 16.5. The van der Waals surface area contributed by atoms with Gasteiger partial charge in [-0.25, -0.2) is 4.68 Å². The lowest BCUT2D eigenvalue weighted by Crippen LogP contribution is -2.45. The number of carbonyl (C=O) groups is 2. The fourth-order valence-corrected chi connectivity index (χ4v) is 4.59. The largest absolute Gasteiger partial charge is 0.497 e. The molecule has 0 aliphatic carbocycles. The van der Waals surface area contributed by atoms with Crippen molar-refractivity contribution in [3.05, 3.63) is 120 Å². The highest BCUT2D eigenvalue weighted by molar-refractivity contribution is 6.01. The van der Waals surface area contributed by atoms with Crippen molar-refractivity contribution in [1.82, 2.24) is 20.3 Å². The van der Waals surface area contributed by atoms with E-state index in [0.29, 0.717) is 23.5 Å². The summed E-state index contributed by atoms with van der Waals surface area (Å²) in [6.07, 6.45) is 0. The molecule has 39 heavy (non-hydrogen) atoms. The summed E-state index contributed by atoms with van der Waals surface area (Å²) in [6, 6.07) is 31.0. The summed E-state index contributed by atoms with van der Waals surface area (Å²) >= 11 is 0. The quantitative estimate of drug-likeness (QED) is 0.301. The number of methoxy groups -OCH3 is 1. The van der Waals surface area contributed by atoms with Crippen molar-refractivity contribution in [1.29, 1.82) is 0 Å². The minimum Gasteiger partial charge on any atom is -0.497 e. The van der Waals surface area contributed by atoms with Crippen LogP contribution in [-0.4, -0.2) is 33.9 Å². The Balaban J connectivity index is 1.56. The number of benzene rings is 4. The number of rotatable bonds is 9. The van der Waals surface area contributed by atoms with Crippen LogP contribution in [0.15, 0.2) is 103 Å². The van der Waals surface area contributed by atoms with Gasteiger partial charge in [-0.2, -0.15) is 0 Å². The lowest BCUT2D eigenvalue weighted by Gasteiger charge is -2.32. The normalized spacial score (nSPS) is 11.6. The minimum absolute atomic E-state index is 0.0963. The van der Waals surface area contributed by atoms with Gasteiger partial charge in [-0.15, -0.1) is 5.10 Å². The Morgan fingerprint density at radius 3 is 2.33 bits per heavy atom. The Hall–Kier alpha value is -4.98. The van der Waals surface area contributed by atoms with Gasteiger partial charge in [-0.05, 0) is 60.0 Å². The maximum Gasteiger partial charge on any atom is 0.249 e. The number of ether oxygens (including phenoxy) is 1. The van der Waals surface area contributed by atoms with E-state index in [-0.39, 0.29) is 18.4 Å². The van der Waals surface area contributed by atoms with Crippen molar-refractivity contribution in [2.24, 2.45) is 0 Å². The van der Waals surface area contributed by atoms with Crippen LogP contribution in [0.2, 0.25) is 0 Å². The summed E-state index contributed by atoms with van der Waals surface area (Å²) in [5, 5.41) is 11.4. The molecule has 8 nitrogen and oxygen atoms in total. The minimum atomic E-state index is -0.925. The lowest BCUT2D eigenvalue weighted by molar-refractivity contribution is -0.127. The SMILES string of the molecule is COc1ccc(N(C(=O)Cn2nnc3ccccc32)[C@H](C(=O)NCc2ccccc2)c2ccccc2C)cc1. The maximum absolute atomic E-state index is 14.1. The number of hydrogen-bond acceptors (Lipinski definition) is 5. The van der Waals surface area contributed by atoms with Gasteiger partial charge in [-0.1, -0.05) is 71.9 Å². The van der Waals surface area contributed by atoms with Crippen LogP contribution in [0, 0.1) is 6.92 Å². The molecule has 2 amide bonds. The number of nitrogens with zero attached hydrogens (tertiary/aromatic N) is 4. The van der Waals surface area contributed by atoms with E-state index in [4.69, 9.17) is 4.74 Å². The molecule has 1 atom stereocenters. The van der Waals surface area contributed by atoms with Crippen LogP contribution in [-0.2, 0) is 22.7 Å². The molecule has 0 bridgehead atoms. The van der Waals surface area contributed by atoms with Crippen LogP contribution >= 0.6 is 0 Å². The molecule has 0 saturated carbocycles. The third-order valence-corrected chi connectivity index (χ3v) is 6.62. The molecule has 0 spiro atoms. The summed E-state index contributed by atoms with van der Waals surface area (Å²) in [4.78, 5) is 29.6. The van der Waals surface area contributed by atoms with Gasteiger partial charge >= 0.3 is 0 Å². The van der Waals surface area contributed by atoms with E-state index in [1.165, 1.54) is 0 Å². The molecule has 0 aliphatic heterocycles. The predicted octanol–water partition coefficient (Wildman–Crippen LogP) is 4.84. The molecule has 8 heteroatoms. The van der Waals surface area contributed by atoms with Crippen LogP contribution in [0.4, 0.5) is 5.69 Å². The van der Waals surface area contributed by atoms with Gasteiger partial charge in [0.1, 0.15) is 23.9 Å². The van der Waals surface area contributed by atoms with Gasteiger partial charge in [0, 0.05) is 12.2 Å². The monoisotopic (exact) mass is 519 g/mol. The Kier molecular flexibility index (Phi) is 7.63. The van der Waals surface area contributed by atoms with E-state index < -0.39 is 6.04 Å². The molecule has 1 aromatic heterocycles. The predicted molar refractivity (Wildman–Crippen MR) is 150 cm³/mol. The molecule has 5 aromatic rings. The van der Waals surface area contributed by atoms with Crippen molar-refractivity contribution < 1.29 is 14.3 Å². The van der Waals surface area contributed by atoms with E-state index in [2.05, 4.69) is 15.6 Å². The van der Waals surface area contributed by atoms with Crippen LogP contribution in [0.25, 0.3) is 11.0 Å². The summed E-state index contributed by atoms with van der Waals surface area (Å²) in [5.74, 6) is 0.0501. The number of hydrogen-bond donors (Lipinski definition) is 1. The van der Waals surface area contributed by atoms with Crippen molar-refractivity contribution in [3.8, 4) is 5.75 Å². The molecule has 0 saturated heterocycles. The number of aromatic nitrogens is 3. The fraction of sp³-hybridized carbons (Fsp3) is 0.161. The molecular weight excluding hydrogens is 490 g/mol. The second-order valence-corrected chi connectivity index (χ2v) is 9.16. The maximum atomic E-state index is 14.1. The standard InChI is InChI=1S/C31H29N5O3/c1-22-10-6-7-13-26(22)30(31(38)32-20-23-11-4-3-5-12-23)36(24-16-18-25(39-2)19-17-24)29(37)21-35-28-15-9-8-14-27(28)33-34-35/h3-19,30H,20-21H2,1-2H3,(H,32,38)/t30-/m0/s1. The first-order valence-corrected chi connectivity index (χ1v) is 12.7. The lowest BCUT2D eigenvalue weighted by atomic mass is 9.98. The van der Waals surface area contributed by atoms with Crippen molar-refractivity contribution in [3.63, 3.8) is 0 Å². The van der Waals surface area contributed by atoms with Crippen LogP contribution < -0.4 is 15.0 Å². The van der Waals surface area contributed by atoms with E-state index in [0.717, 1.165) is 22.2 Å². The first-order valence-electron chi connectivity index (χ1n) is 12.7. The molecule has 1 N–H and O–H groups in total. The van der Waals surface area contributed by atoms with Crippen molar-refractivity contribution in [2.45, 2.75) is 26.1 Å². The van der Waals surface area contributed by atoms with Gasteiger partial charge in [0.15, 0.2) is 0 Å². The summed E-state index contributed by atoms with van der Waals surface area (Å²) in [7, 11) is 1.58. The number of anilines is 1. The zero-order valence-electron chi connectivity index (χ0n) is 21.8. The average Bonchev–Trinajstić information content (AvgIpc) is 3.38. The Morgan fingerprint density at radius 1 is 0.897 bits per heavy atom. The molecule has 0 radical (unpaired) electrons. The van der Waals surface area contributed by atoms with Gasteiger partial charge < -0.3 is 10.1 Å². The molecule has 5 rings (SSSR count). The summed E-state index contributed by atoms with van der Waals surface area (Å²) < 4.78 is 6.90. The zero-order valence-corrected chi connectivity index (χ0v) is 21.8. The molecule has 4 aromatic carbocycles. The first kappa shape index (κ1) is 25.7. The van der Waals surface area contributed by atoms with E-state index in [1.54, 1.807) is 41.0 Å². The number of nitrogens with one attached hydrogen (secondary N) is 1. The average molecular weight is 520 g/mol. The van der Waals surface area contributed by atoms with Gasteiger partial charge in [-0.3, -0.25) is 14.5 Å². The summed E-state index contributed by atoms with van der Waals surface area (Å²) in [5.41, 5.74) is 4.59. The van der Waals surface area contributed by atoms with Gasteiger partial charge in [0.05, 0.1) is 12.6 Å². The van der Waals surface area contributed by atoms with Crippen molar-refractivity contribution >= 4 is 28.5 Å². The Labute approximate surface area is 226 Å². The molecule has 0 fully saturated rings. The number of carbonyl (C=O) groups excluding carboxylic acids is 2. The smallest absolute Gasteiger partial charge is 0.249 e. The molecule has 0 aliphatic rings. The van der Waals surface area contributed by atoms with Crippen LogP contribution in [0.3, 0.4) is 0 Å². The molecule has 196 valence electrons. The van der Waals surface area contributed by atoms with E-state index >= 15 is 0 Å². The molecular formula is C31H29N5O3. The Bertz CT molecular complexity index is 1580. The number of aryl methyl sites for hydroxylation is 1. The summed E-state index contributed by atoms with van der Waals surface area (Å²) in [6.45, 7) is 2.18. The second-order valence-electron chi connectivity index (χ2n) is 9.16. The third-order valence-electron chi connectivity index (χ3n) is 6.62. The number of fused-ring (bicyclic) bond motifs is 1. The topological polar surface area (TPSA) is 89.3 Å². The third kappa shape index (κ3) is 5.65.